The number of amides is 2. The van der Waals surface area contributed by atoms with Crippen LogP contribution in [-0.4, -0.2) is 29.4 Å². The number of carboxylic acids is 1. The second-order valence-electron chi connectivity index (χ2n) is 6.26. The Morgan fingerprint density at radius 1 is 1.09 bits per heavy atom. The molecule has 0 radical (unpaired) electrons. The summed E-state index contributed by atoms with van der Waals surface area (Å²) >= 11 is 0. The minimum atomic E-state index is -0.961. The van der Waals surface area contributed by atoms with Crippen LogP contribution < -0.4 is 10.6 Å². The molecule has 0 saturated heterocycles. The molecule has 0 fully saturated rings. The first kappa shape index (κ1) is 17.7. The van der Waals surface area contributed by atoms with Crippen molar-refractivity contribution >= 4 is 23.5 Å². The third-order valence-electron chi connectivity index (χ3n) is 2.75. The van der Waals surface area contributed by atoms with Crippen molar-refractivity contribution in [2.24, 2.45) is 5.41 Å². The molecular formula is C16H22N2O4. The Morgan fingerprint density at radius 3 is 2.18 bits per heavy atom. The molecule has 0 aliphatic heterocycles. The molecule has 0 spiro atoms. The summed E-state index contributed by atoms with van der Waals surface area (Å²) in [6.07, 6.45) is 0.289. The maximum absolute atomic E-state index is 11.8. The first-order chi connectivity index (χ1) is 10.2. The van der Waals surface area contributed by atoms with E-state index in [1.807, 2.05) is 20.8 Å². The molecule has 6 nitrogen and oxygen atoms in total. The van der Waals surface area contributed by atoms with E-state index in [4.69, 9.17) is 5.11 Å². The van der Waals surface area contributed by atoms with E-state index in [-0.39, 0.29) is 30.2 Å². The number of benzene rings is 1. The van der Waals surface area contributed by atoms with E-state index >= 15 is 0 Å². The fourth-order valence-electron chi connectivity index (χ4n) is 1.78. The molecule has 0 unspecified atom stereocenters. The average molecular weight is 306 g/mol. The lowest BCUT2D eigenvalue weighted by Crippen LogP contribution is -2.26. The number of nitrogens with one attached hydrogen (secondary N) is 2. The van der Waals surface area contributed by atoms with Gasteiger partial charge in [-0.1, -0.05) is 20.8 Å². The van der Waals surface area contributed by atoms with Crippen molar-refractivity contribution in [3.05, 3.63) is 29.8 Å². The summed E-state index contributed by atoms with van der Waals surface area (Å²) in [5.74, 6) is -1.38. The third-order valence-corrected chi connectivity index (χ3v) is 2.75. The first-order valence-corrected chi connectivity index (χ1v) is 7.07. The van der Waals surface area contributed by atoms with Crippen LogP contribution in [0.2, 0.25) is 0 Å². The average Bonchev–Trinajstić information content (AvgIpc) is 2.36. The topological polar surface area (TPSA) is 95.5 Å². The lowest BCUT2D eigenvalue weighted by atomic mass is 9.92. The Kier molecular flexibility index (Phi) is 6.10. The number of carboxylic acid groups (broad SMARTS) is 1. The minimum absolute atomic E-state index is 0.0776. The van der Waals surface area contributed by atoms with E-state index in [2.05, 4.69) is 10.6 Å². The Bertz CT molecular complexity index is 544. The SMILES string of the molecule is CC(C)(C)CC(=O)Nc1ccc(C(=O)NCCC(=O)O)cc1. The molecule has 0 aliphatic carbocycles. The Morgan fingerprint density at radius 2 is 1.68 bits per heavy atom. The van der Waals surface area contributed by atoms with E-state index in [9.17, 15) is 14.4 Å². The number of hydrogen-bond donors (Lipinski definition) is 3. The van der Waals surface area contributed by atoms with Gasteiger partial charge in [0.1, 0.15) is 0 Å². The molecule has 120 valence electrons. The summed E-state index contributed by atoms with van der Waals surface area (Å²) in [7, 11) is 0. The molecule has 2 amide bonds. The van der Waals surface area contributed by atoms with Gasteiger partial charge in [0.25, 0.3) is 5.91 Å². The van der Waals surface area contributed by atoms with Crippen LogP contribution in [0, 0.1) is 5.41 Å². The van der Waals surface area contributed by atoms with E-state index in [1.165, 1.54) is 0 Å². The van der Waals surface area contributed by atoms with Crippen LogP contribution >= 0.6 is 0 Å². The van der Waals surface area contributed by atoms with Crippen LogP contribution in [0.4, 0.5) is 5.69 Å². The molecule has 0 heterocycles. The van der Waals surface area contributed by atoms with Gasteiger partial charge in [0.05, 0.1) is 6.42 Å². The van der Waals surface area contributed by atoms with Gasteiger partial charge in [-0.05, 0) is 29.7 Å². The van der Waals surface area contributed by atoms with E-state index < -0.39 is 5.97 Å². The fourth-order valence-corrected chi connectivity index (χ4v) is 1.78. The molecule has 1 aromatic carbocycles. The second-order valence-corrected chi connectivity index (χ2v) is 6.26. The summed E-state index contributed by atoms with van der Waals surface area (Å²) < 4.78 is 0. The summed E-state index contributed by atoms with van der Waals surface area (Å²) in [6, 6.07) is 6.46. The molecule has 3 N–H and O–H groups in total. The van der Waals surface area contributed by atoms with Crippen LogP contribution in [0.5, 0.6) is 0 Å². The molecule has 1 rings (SSSR count). The minimum Gasteiger partial charge on any atom is -0.481 e. The van der Waals surface area contributed by atoms with E-state index in [1.54, 1.807) is 24.3 Å². The molecular weight excluding hydrogens is 284 g/mol. The van der Waals surface area contributed by atoms with Gasteiger partial charge in [0.15, 0.2) is 0 Å². The lowest BCUT2D eigenvalue weighted by molar-refractivity contribution is -0.136. The van der Waals surface area contributed by atoms with Crippen LogP contribution in [0.1, 0.15) is 44.0 Å². The number of anilines is 1. The lowest BCUT2D eigenvalue weighted by Gasteiger charge is -2.17. The van der Waals surface area contributed by atoms with E-state index in [0.29, 0.717) is 17.7 Å². The normalized spacial score (nSPS) is 10.9. The summed E-state index contributed by atoms with van der Waals surface area (Å²) in [4.78, 5) is 33.9. The molecule has 0 bridgehead atoms. The quantitative estimate of drug-likeness (QED) is 0.751. The number of carbonyl (C=O) groups is 3. The number of aliphatic carboxylic acids is 1. The van der Waals surface area contributed by atoms with Gasteiger partial charge in [-0.3, -0.25) is 14.4 Å². The Balaban J connectivity index is 2.54. The van der Waals surface area contributed by atoms with Gasteiger partial charge < -0.3 is 15.7 Å². The van der Waals surface area contributed by atoms with Crippen LogP contribution in [0.25, 0.3) is 0 Å². The van der Waals surface area contributed by atoms with Gasteiger partial charge in [-0.2, -0.15) is 0 Å². The summed E-state index contributed by atoms with van der Waals surface area (Å²) in [5.41, 5.74) is 0.948. The van der Waals surface area contributed by atoms with Gasteiger partial charge in [0.2, 0.25) is 5.91 Å². The second kappa shape index (κ2) is 7.59. The van der Waals surface area contributed by atoms with Crippen LogP contribution in [0.15, 0.2) is 24.3 Å². The molecule has 22 heavy (non-hydrogen) atoms. The van der Waals surface area contributed by atoms with Gasteiger partial charge >= 0.3 is 5.97 Å². The number of hydrogen-bond acceptors (Lipinski definition) is 3. The maximum Gasteiger partial charge on any atom is 0.305 e. The van der Waals surface area contributed by atoms with Crippen molar-refractivity contribution in [1.29, 1.82) is 0 Å². The molecule has 0 atom stereocenters. The zero-order chi connectivity index (χ0) is 16.8. The Labute approximate surface area is 129 Å². The zero-order valence-corrected chi connectivity index (χ0v) is 13.1. The highest BCUT2D eigenvalue weighted by Crippen LogP contribution is 2.19. The predicted octanol–water partition coefficient (Wildman–Crippen LogP) is 2.27. The molecule has 6 heteroatoms. The third kappa shape index (κ3) is 6.88. The summed E-state index contributed by atoms with van der Waals surface area (Å²) in [6.45, 7) is 6.03. The van der Waals surface area contributed by atoms with Gasteiger partial charge in [0, 0.05) is 24.2 Å². The largest absolute Gasteiger partial charge is 0.481 e. The molecule has 1 aromatic rings. The van der Waals surface area contributed by atoms with Crippen molar-refractivity contribution in [3.63, 3.8) is 0 Å². The Hall–Kier alpha value is -2.37. The van der Waals surface area contributed by atoms with Crippen molar-refractivity contribution < 1.29 is 19.5 Å². The zero-order valence-electron chi connectivity index (χ0n) is 13.1. The standard InChI is InChI=1S/C16H22N2O4/c1-16(2,3)10-13(19)18-12-6-4-11(5-7-12)15(22)17-9-8-14(20)21/h4-7H,8-10H2,1-3H3,(H,17,22)(H,18,19)(H,20,21). The van der Waals surface area contributed by atoms with Crippen LogP contribution in [0.3, 0.4) is 0 Å². The maximum atomic E-state index is 11.8. The van der Waals surface area contributed by atoms with Crippen LogP contribution in [-0.2, 0) is 9.59 Å². The van der Waals surface area contributed by atoms with Crippen molar-refractivity contribution in [2.45, 2.75) is 33.6 Å². The van der Waals surface area contributed by atoms with Gasteiger partial charge in [-0.15, -0.1) is 0 Å². The highest BCUT2D eigenvalue weighted by Gasteiger charge is 2.16. The molecule has 0 aliphatic rings. The van der Waals surface area contributed by atoms with Crippen molar-refractivity contribution in [1.82, 2.24) is 5.32 Å². The van der Waals surface area contributed by atoms with Crippen molar-refractivity contribution in [3.8, 4) is 0 Å². The smallest absolute Gasteiger partial charge is 0.305 e. The van der Waals surface area contributed by atoms with Crippen molar-refractivity contribution in [2.75, 3.05) is 11.9 Å². The number of carbonyl (C=O) groups excluding carboxylic acids is 2. The number of rotatable bonds is 6. The molecule has 0 saturated carbocycles. The fraction of sp³-hybridized carbons (Fsp3) is 0.438. The monoisotopic (exact) mass is 306 g/mol. The summed E-state index contributed by atoms with van der Waals surface area (Å²) in [5, 5.41) is 13.8. The highest BCUT2D eigenvalue weighted by molar-refractivity contribution is 5.96. The predicted molar refractivity (Wildman–Crippen MR) is 83.7 cm³/mol. The molecule has 0 aromatic heterocycles. The van der Waals surface area contributed by atoms with E-state index in [0.717, 1.165) is 0 Å². The van der Waals surface area contributed by atoms with Gasteiger partial charge in [-0.25, -0.2) is 0 Å². The first-order valence-electron chi connectivity index (χ1n) is 7.07. The highest BCUT2D eigenvalue weighted by atomic mass is 16.4.